The van der Waals surface area contributed by atoms with Gasteiger partial charge in [-0.15, -0.1) is 0 Å². The van der Waals surface area contributed by atoms with E-state index >= 15 is 0 Å². The first-order valence-corrected chi connectivity index (χ1v) is 10.1. The van der Waals surface area contributed by atoms with Crippen LogP contribution in [0, 0.1) is 5.92 Å². The molecule has 0 aromatic carbocycles. The molecule has 0 aliphatic heterocycles. The first kappa shape index (κ1) is 22.2. The summed E-state index contributed by atoms with van der Waals surface area (Å²) in [4.78, 5) is 11.8. The SMILES string of the molecule is CCS(=O)(=O)CC(C)NC(CNC(=O)OC(C)(C)C)CC(C)C. The lowest BCUT2D eigenvalue weighted by atomic mass is 10.0. The number of amides is 1. The molecular weight excluding hydrogens is 316 g/mol. The Labute approximate surface area is 141 Å². The summed E-state index contributed by atoms with van der Waals surface area (Å²) in [5, 5.41) is 6.06. The van der Waals surface area contributed by atoms with Crippen LogP contribution in [0.15, 0.2) is 0 Å². The molecule has 2 atom stereocenters. The van der Waals surface area contributed by atoms with Crippen molar-refractivity contribution in [1.82, 2.24) is 10.6 Å². The molecule has 0 heterocycles. The molecule has 0 saturated carbocycles. The minimum absolute atomic E-state index is 0.00424. The molecule has 0 aromatic heterocycles. The number of rotatable bonds is 9. The number of hydrogen-bond acceptors (Lipinski definition) is 5. The van der Waals surface area contributed by atoms with Crippen molar-refractivity contribution in [3.05, 3.63) is 0 Å². The van der Waals surface area contributed by atoms with Crippen LogP contribution >= 0.6 is 0 Å². The molecule has 6 nitrogen and oxygen atoms in total. The van der Waals surface area contributed by atoms with Crippen LogP contribution in [-0.2, 0) is 14.6 Å². The Bertz CT molecular complexity index is 455. The topological polar surface area (TPSA) is 84.5 Å². The predicted octanol–water partition coefficient (Wildman–Crippen LogP) is 2.34. The highest BCUT2D eigenvalue weighted by molar-refractivity contribution is 7.91. The summed E-state index contributed by atoms with van der Waals surface area (Å²) in [7, 11) is -3.02. The van der Waals surface area contributed by atoms with Crippen LogP contribution in [0.25, 0.3) is 0 Å². The fourth-order valence-corrected chi connectivity index (χ4v) is 3.34. The van der Waals surface area contributed by atoms with Gasteiger partial charge < -0.3 is 15.4 Å². The van der Waals surface area contributed by atoms with E-state index in [1.807, 2.05) is 27.7 Å². The second-order valence-corrected chi connectivity index (χ2v) is 9.87. The van der Waals surface area contributed by atoms with Crippen LogP contribution < -0.4 is 10.6 Å². The summed E-state index contributed by atoms with van der Waals surface area (Å²) in [5.74, 6) is 0.678. The maximum absolute atomic E-state index is 11.8. The fraction of sp³-hybridized carbons (Fsp3) is 0.938. The Hall–Kier alpha value is -0.820. The molecule has 1 amide bonds. The highest BCUT2D eigenvalue weighted by Gasteiger charge is 2.21. The zero-order chi connectivity index (χ0) is 18.3. The summed E-state index contributed by atoms with van der Waals surface area (Å²) in [6.07, 6.45) is 0.383. The number of sulfone groups is 1. The summed E-state index contributed by atoms with van der Waals surface area (Å²) < 4.78 is 28.6. The molecule has 0 aromatic rings. The second-order valence-electron chi connectivity index (χ2n) is 7.48. The number of ether oxygens (including phenoxy) is 1. The standard InChI is InChI=1S/C16H34N2O4S/c1-8-23(20,21)11-13(4)18-14(9-12(2)3)10-17-15(19)22-16(5,6)7/h12-14,18H,8-11H2,1-7H3,(H,17,19). The van der Waals surface area contributed by atoms with Crippen LogP contribution in [0.2, 0.25) is 0 Å². The highest BCUT2D eigenvalue weighted by Crippen LogP contribution is 2.08. The summed E-state index contributed by atoms with van der Waals surface area (Å²) in [6, 6.07) is -0.159. The van der Waals surface area contributed by atoms with E-state index in [2.05, 4.69) is 24.5 Å². The van der Waals surface area contributed by atoms with Crippen molar-refractivity contribution in [3.63, 3.8) is 0 Å². The summed E-state index contributed by atoms with van der Waals surface area (Å²) in [5.41, 5.74) is -0.534. The van der Waals surface area contributed by atoms with Crippen molar-refractivity contribution in [3.8, 4) is 0 Å². The first-order valence-electron chi connectivity index (χ1n) is 8.28. The molecule has 0 aliphatic carbocycles. The molecule has 2 N–H and O–H groups in total. The van der Waals surface area contributed by atoms with Gasteiger partial charge in [0.15, 0.2) is 9.84 Å². The van der Waals surface area contributed by atoms with E-state index in [-0.39, 0.29) is 23.6 Å². The first-order chi connectivity index (χ1) is 10.3. The van der Waals surface area contributed by atoms with Crippen LogP contribution in [0.5, 0.6) is 0 Å². The molecule has 0 rings (SSSR count). The molecule has 0 bridgehead atoms. The number of carbonyl (C=O) groups is 1. The van der Waals surface area contributed by atoms with Crippen molar-refractivity contribution in [1.29, 1.82) is 0 Å². The molecule has 0 radical (unpaired) electrons. The van der Waals surface area contributed by atoms with E-state index in [0.29, 0.717) is 12.5 Å². The largest absolute Gasteiger partial charge is 0.444 e. The minimum Gasteiger partial charge on any atom is -0.444 e. The van der Waals surface area contributed by atoms with Gasteiger partial charge in [0, 0.05) is 24.4 Å². The molecule has 2 unspecified atom stereocenters. The van der Waals surface area contributed by atoms with Gasteiger partial charge >= 0.3 is 6.09 Å². The van der Waals surface area contributed by atoms with E-state index in [1.54, 1.807) is 6.92 Å². The number of nitrogens with one attached hydrogen (secondary N) is 2. The van der Waals surface area contributed by atoms with Crippen molar-refractivity contribution in [2.24, 2.45) is 5.92 Å². The van der Waals surface area contributed by atoms with Crippen LogP contribution in [0.3, 0.4) is 0 Å². The van der Waals surface area contributed by atoms with Gasteiger partial charge in [-0.2, -0.15) is 0 Å². The zero-order valence-corrected chi connectivity index (χ0v) is 16.4. The van der Waals surface area contributed by atoms with Gasteiger partial charge in [0.1, 0.15) is 5.60 Å². The van der Waals surface area contributed by atoms with Gasteiger partial charge in [0.25, 0.3) is 0 Å². The van der Waals surface area contributed by atoms with Crippen molar-refractivity contribution in [2.45, 2.75) is 72.6 Å². The molecule has 7 heteroatoms. The van der Waals surface area contributed by atoms with Crippen LogP contribution in [-0.4, -0.2) is 50.2 Å². The predicted molar refractivity (Wildman–Crippen MR) is 94.4 cm³/mol. The maximum Gasteiger partial charge on any atom is 0.407 e. The lowest BCUT2D eigenvalue weighted by molar-refractivity contribution is 0.0520. The van der Waals surface area contributed by atoms with Crippen LogP contribution in [0.4, 0.5) is 4.79 Å². The number of alkyl carbamates (subject to hydrolysis) is 1. The van der Waals surface area contributed by atoms with Gasteiger partial charge in [-0.3, -0.25) is 0 Å². The monoisotopic (exact) mass is 350 g/mol. The van der Waals surface area contributed by atoms with Crippen molar-refractivity contribution < 1.29 is 17.9 Å². The van der Waals surface area contributed by atoms with Gasteiger partial charge in [-0.1, -0.05) is 20.8 Å². The lowest BCUT2D eigenvalue weighted by Gasteiger charge is -2.26. The molecule has 0 spiro atoms. The third-order valence-corrected chi connectivity index (χ3v) is 5.00. The molecule has 23 heavy (non-hydrogen) atoms. The Balaban J connectivity index is 4.55. The summed E-state index contributed by atoms with van der Waals surface area (Å²) >= 11 is 0. The zero-order valence-electron chi connectivity index (χ0n) is 15.6. The Kier molecular flexibility index (Phi) is 9.13. The van der Waals surface area contributed by atoms with Crippen molar-refractivity contribution >= 4 is 15.9 Å². The van der Waals surface area contributed by atoms with Gasteiger partial charge in [-0.05, 0) is 40.0 Å². The normalized spacial score (nSPS) is 15.3. The minimum atomic E-state index is -3.02. The Morgan fingerprint density at radius 3 is 2.17 bits per heavy atom. The van der Waals surface area contributed by atoms with E-state index in [4.69, 9.17) is 4.74 Å². The fourth-order valence-electron chi connectivity index (χ4n) is 2.25. The molecular formula is C16H34N2O4S. The Morgan fingerprint density at radius 2 is 1.74 bits per heavy atom. The van der Waals surface area contributed by atoms with E-state index < -0.39 is 21.5 Å². The van der Waals surface area contributed by atoms with Crippen LogP contribution in [0.1, 0.15) is 54.9 Å². The number of hydrogen-bond donors (Lipinski definition) is 2. The van der Waals surface area contributed by atoms with E-state index in [0.717, 1.165) is 6.42 Å². The van der Waals surface area contributed by atoms with E-state index in [9.17, 15) is 13.2 Å². The second kappa shape index (κ2) is 9.47. The average molecular weight is 351 g/mol. The van der Waals surface area contributed by atoms with Gasteiger partial charge in [-0.25, -0.2) is 13.2 Å². The Morgan fingerprint density at radius 1 is 1.17 bits per heavy atom. The average Bonchev–Trinajstić information content (AvgIpc) is 2.32. The van der Waals surface area contributed by atoms with Crippen molar-refractivity contribution in [2.75, 3.05) is 18.1 Å². The van der Waals surface area contributed by atoms with Gasteiger partial charge in [0.05, 0.1) is 5.75 Å². The lowest BCUT2D eigenvalue weighted by Crippen LogP contribution is -2.48. The summed E-state index contributed by atoms with van der Waals surface area (Å²) in [6.45, 7) is 13.5. The molecule has 0 saturated heterocycles. The van der Waals surface area contributed by atoms with Gasteiger partial charge in [0.2, 0.25) is 0 Å². The molecule has 0 fully saturated rings. The quantitative estimate of drug-likeness (QED) is 0.667. The molecule has 138 valence electrons. The molecule has 0 aliphatic rings. The third-order valence-electron chi connectivity index (χ3n) is 3.11. The highest BCUT2D eigenvalue weighted by atomic mass is 32.2. The third kappa shape index (κ3) is 12.3. The van der Waals surface area contributed by atoms with E-state index in [1.165, 1.54) is 0 Å². The maximum atomic E-state index is 11.8. The number of carbonyl (C=O) groups excluding carboxylic acids is 1. The smallest absolute Gasteiger partial charge is 0.407 e.